The minimum absolute atomic E-state index is 0.107. The highest BCUT2D eigenvalue weighted by molar-refractivity contribution is 8.15. The number of methoxy groups -OCH3 is 1. The number of amidine groups is 1. The fourth-order valence-corrected chi connectivity index (χ4v) is 4.07. The molecule has 0 spiro atoms. The van der Waals surface area contributed by atoms with Gasteiger partial charge in [0, 0.05) is 20.0 Å². The van der Waals surface area contributed by atoms with Crippen LogP contribution in [0.4, 0.5) is 10.1 Å². The lowest BCUT2D eigenvalue weighted by molar-refractivity contribution is -0.130. The molecule has 0 saturated carbocycles. The van der Waals surface area contributed by atoms with Crippen molar-refractivity contribution in [2.24, 2.45) is 4.99 Å². The van der Waals surface area contributed by atoms with Crippen LogP contribution in [-0.4, -0.2) is 47.8 Å². The van der Waals surface area contributed by atoms with Crippen LogP contribution in [-0.2, 0) is 16.0 Å². The maximum absolute atomic E-state index is 13.2. The van der Waals surface area contributed by atoms with Crippen LogP contribution in [0.25, 0.3) is 0 Å². The van der Waals surface area contributed by atoms with E-state index in [0.29, 0.717) is 23.8 Å². The average molecular weight is 415 g/mol. The highest BCUT2D eigenvalue weighted by Gasteiger charge is 2.35. The predicted molar refractivity (Wildman–Crippen MR) is 112 cm³/mol. The SMILES string of the molecule is CNC(=O)[C@H]1CC(=O)N(CCc2ccc(OC)cc2)C(=Nc2ccc(F)cc2)S1. The second-order valence-corrected chi connectivity index (χ2v) is 7.61. The van der Waals surface area contributed by atoms with Crippen LogP contribution in [0.1, 0.15) is 12.0 Å². The third kappa shape index (κ3) is 5.35. The molecule has 3 rings (SSSR count). The van der Waals surface area contributed by atoms with Gasteiger partial charge in [-0.3, -0.25) is 14.5 Å². The molecule has 152 valence electrons. The van der Waals surface area contributed by atoms with E-state index in [1.54, 1.807) is 31.2 Å². The maximum atomic E-state index is 13.2. The zero-order chi connectivity index (χ0) is 20.8. The summed E-state index contributed by atoms with van der Waals surface area (Å²) in [6, 6.07) is 13.3. The van der Waals surface area contributed by atoms with Gasteiger partial charge >= 0.3 is 0 Å². The number of carbonyl (C=O) groups is 2. The van der Waals surface area contributed by atoms with Crippen molar-refractivity contribution in [3.63, 3.8) is 0 Å². The van der Waals surface area contributed by atoms with Crippen molar-refractivity contribution < 1.29 is 18.7 Å². The van der Waals surface area contributed by atoms with Crippen molar-refractivity contribution in [2.45, 2.75) is 18.1 Å². The quantitative estimate of drug-likeness (QED) is 0.787. The largest absolute Gasteiger partial charge is 0.497 e. The Hall–Kier alpha value is -2.87. The first-order valence-corrected chi connectivity index (χ1v) is 10.0. The highest BCUT2D eigenvalue weighted by Crippen LogP contribution is 2.29. The Morgan fingerprint density at radius 2 is 1.93 bits per heavy atom. The summed E-state index contributed by atoms with van der Waals surface area (Å²) in [5.41, 5.74) is 1.58. The van der Waals surface area contributed by atoms with Gasteiger partial charge in [-0.2, -0.15) is 0 Å². The summed E-state index contributed by atoms with van der Waals surface area (Å²) in [5, 5.41) is 2.49. The fraction of sp³-hybridized carbons (Fsp3) is 0.286. The van der Waals surface area contributed by atoms with Crippen LogP contribution in [0.2, 0.25) is 0 Å². The molecule has 2 aromatic carbocycles. The fourth-order valence-electron chi connectivity index (χ4n) is 2.88. The number of hydrogen-bond donors (Lipinski definition) is 1. The van der Waals surface area contributed by atoms with E-state index in [9.17, 15) is 14.0 Å². The van der Waals surface area contributed by atoms with Crippen LogP contribution in [0.5, 0.6) is 5.75 Å². The molecule has 0 aromatic heterocycles. The Balaban J connectivity index is 1.81. The number of aliphatic imine (C=N–C) groups is 1. The van der Waals surface area contributed by atoms with Crippen LogP contribution >= 0.6 is 11.8 Å². The van der Waals surface area contributed by atoms with Gasteiger partial charge in [-0.15, -0.1) is 0 Å². The van der Waals surface area contributed by atoms with E-state index >= 15 is 0 Å². The molecule has 1 aliphatic rings. The summed E-state index contributed by atoms with van der Waals surface area (Å²) in [6.45, 7) is 0.429. The zero-order valence-corrected chi connectivity index (χ0v) is 17.0. The molecule has 2 amide bonds. The van der Waals surface area contributed by atoms with E-state index < -0.39 is 5.25 Å². The molecule has 1 atom stereocenters. The van der Waals surface area contributed by atoms with E-state index in [4.69, 9.17) is 4.74 Å². The van der Waals surface area contributed by atoms with Crippen LogP contribution in [0, 0.1) is 5.82 Å². The summed E-state index contributed by atoms with van der Waals surface area (Å²) >= 11 is 1.25. The van der Waals surface area contributed by atoms with Crippen molar-refractivity contribution in [1.29, 1.82) is 0 Å². The van der Waals surface area contributed by atoms with E-state index in [-0.39, 0.29) is 24.1 Å². The van der Waals surface area contributed by atoms with Gasteiger partial charge in [0.1, 0.15) is 11.6 Å². The Morgan fingerprint density at radius 3 is 2.55 bits per heavy atom. The molecule has 2 aromatic rings. The molecular formula is C21H22FN3O3S. The minimum atomic E-state index is -0.538. The average Bonchev–Trinajstić information content (AvgIpc) is 2.74. The number of ether oxygens (including phenoxy) is 1. The monoisotopic (exact) mass is 415 g/mol. The number of rotatable bonds is 6. The molecule has 6 nitrogen and oxygen atoms in total. The molecule has 1 saturated heterocycles. The van der Waals surface area contributed by atoms with Crippen LogP contribution in [0.15, 0.2) is 53.5 Å². The molecule has 1 heterocycles. The summed E-state index contributed by atoms with van der Waals surface area (Å²) in [6.07, 6.45) is 0.735. The van der Waals surface area contributed by atoms with Gasteiger partial charge < -0.3 is 10.1 Å². The zero-order valence-electron chi connectivity index (χ0n) is 16.2. The molecule has 0 unspecified atom stereocenters. The van der Waals surface area contributed by atoms with E-state index in [0.717, 1.165) is 11.3 Å². The third-order valence-corrected chi connectivity index (χ3v) is 5.70. The normalized spacial score (nSPS) is 18.0. The molecule has 8 heteroatoms. The smallest absolute Gasteiger partial charge is 0.233 e. The van der Waals surface area contributed by atoms with Gasteiger partial charge in [0.2, 0.25) is 11.8 Å². The first kappa shape index (κ1) is 20.9. The second kappa shape index (κ2) is 9.56. The molecule has 29 heavy (non-hydrogen) atoms. The Kier molecular flexibility index (Phi) is 6.87. The molecule has 0 radical (unpaired) electrons. The standard InChI is InChI=1S/C21H22FN3O3S/c1-23-20(27)18-13-19(26)25(12-11-14-3-9-17(28-2)10-4-14)21(29-18)24-16-7-5-15(22)6-8-16/h3-10,18H,11-13H2,1-2H3,(H,23,27)/t18-/m1/s1. The molecule has 0 bridgehead atoms. The summed E-state index contributed by atoms with van der Waals surface area (Å²) in [4.78, 5) is 31.0. The lowest BCUT2D eigenvalue weighted by atomic mass is 10.1. The first-order chi connectivity index (χ1) is 14.0. The van der Waals surface area contributed by atoms with Gasteiger partial charge in [-0.25, -0.2) is 9.38 Å². The van der Waals surface area contributed by atoms with E-state index in [1.165, 1.54) is 23.9 Å². The van der Waals surface area contributed by atoms with Gasteiger partial charge in [0.15, 0.2) is 5.17 Å². The van der Waals surface area contributed by atoms with Gasteiger partial charge in [0.05, 0.1) is 18.0 Å². The Morgan fingerprint density at radius 1 is 1.24 bits per heavy atom. The lowest BCUT2D eigenvalue weighted by Gasteiger charge is -2.31. The number of hydrogen-bond acceptors (Lipinski definition) is 5. The van der Waals surface area contributed by atoms with Crippen molar-refractivity contribution >= 4 is 34.4 Å². The number of thioether (sulfide) groups is 1. The van der Waals surface area contributed by atoms with Crippen molar-refractivity contribution in [3.8, 4) is 5.75 Å². The third-order valence-electron chi connectivity index (χ3n) is 4.51. The van der Waals surface area contributed by atoms with Gasteiger partial charge in [-0.05, 0) is 48.4 Å². The van der Waals surface area contributed by atoms with Crippen molar-refractivity contribution in [1.82, 2.24) is 10.2 Å². The molecule has 1 fully saturated rings. The number of nitrogens with zero attached hydrogens (tertiary/aromatic N) is 2. The summed E-state index contributed by atoms with van der Waals surface area (Å²) < 4.78 is 18.4. The molecule has 0 aliphatic carbocycles. The van der Waals surface area contributed by atoms with Crippen LogP contribution < -0.4 is 10.1 Å². The summed E-state index contributed by atoms with van der Waals surface area (Å²) in [5.74, 6) is 0.0305. The van der Waals surface area contributed by atoms with E-state index in [1.807, 2.05) is 24.3 Å². The first-order valence-electron chi connectivity index (χ1n) is 9.16. The molecular weight excluding hydrogens is 393 g/mol. The Bertz CT molecular complexity index is 900. The number of nitrogens with one attached hydrogen (secondary N) is 1. The van der Waals surface area contributed by atoms with Crippen molar-refractivity contribution in [3.05, 3.63) is 59.9 Å². The van der Waals surface area contributed by atoms with E-state index in [2.05, 4.69) is 10.3 Å². The minimum Gasteiger partial charge on any atom is -0.497 e. The topological polar surface area (TPSA) is 71.0 Å². The Labute approximate surface area is 173 Å². The number of benzene rings is 2. The lowest BCUT2D eigenvalue weighted by Crippen LogP contribution is -2.46. The molecule has 1 N–H and O–H groups in total. The number of carbonyl (C=O) groups excluding carboxylic acids is 2. The maximum Gasteiger partial charge on any atom is 0.233 e. The second-order valence-electron chi connectivity index (χ2n) is 6.44. The van der Waals surface area contributed by atoms with Gasteiger partial charge in [-0.1, -0.05) is 23.9 Å². The predicted octanol–water partition coefficient (Wildman–Crippen LogP) is 3.14. The van der Waals surface area contributed by atoms with Crippen LogP contribution in [0.3, 0.4) is 0 Å². The van der Waals surface area contributed by atoms with Gasteiger partial charge in [0.25, 0.3) is 0 Å². The number of amides is 2. The number of halogens is 1. The molecule has 1 aliphatic heterocycles. The highest BCUT2D eigenvalue weighted by atomic mass is 32.2. The van der Waals surface area contributed by atoms with Crippen molar-refractivity contribution in [2.75, 3.05) is 20.7 Å². The summed E-state index contributed by atoms with van der Waals surface area (Å²) in [7, 11) is 3.15.